The van der Waals surface area contributed by atoms with Crippen LogP contribution in [0, 0.1) is 5.82 Å². The second-order valence-electron chi connectivity index (χ2n) is 5.95. The molecule has 0 bridgehead atoms. The molecule has 0 radical (unpaired) electrons. The number of hydrogen-bond acceptors (Lipinski definition) is 4. The molecule has 1 unspecified atom stereocenters. The standard InChI is InChI=1S/C18H18FNO4S/c1-24-18(21)10-14-11-20(17-5-3-2-4-16(14)17)25(22,23)12-13-6-8-15(19)9-7-13/h2-9,14H,10-12H2,1H3. The fourth-order valence-electron chi connectivity index (χ4n) is 3.05. The highest BCUT2D eigenvalue weighted by molar-refractivity contribution is 7.92. The van der Waals surface area contributed by atoms with Crippen LogP contribution in [0.2, 0.25) is 0 Å². The van der Waals surface area contributed by atoms with Gasteiger partial charge >= 0.3 is 5.97 Å². The number of halogens is 1. The number of para-hydroxylation sites is 1. The monoisotopic (exact) mass is 363 g/mol. The van der Waals surface area contributed by atoms with Crippen molar-refractivity contribution < 1.29 is 22.3 Å². The van der Waals surface area contributed by atoms with Crippen LogP contribution in [-0.4, -0.2) is 28.0 Å². The van der Waals surface area contributed by atoms with Crippen molar-refractivity contribution in [3.8, 4) is 0 Å². The zero-order chi connectivity index (χ0) is 18.0. The Labute approximate surface area is 146 Å². The van der Waals surface area contributed by atoms with Gasteiger partial charge in [-0.05, 0) is 29.3 Å². The lowest BCUT2D eigenvalue weighted by molar-refractivity contribution is -0.140. The minimum absolute atomic E-state index is 0.121. The minimum Gasteiger partial charge on any atom is -0.469 e. The molecule has 0 fully saturated rings. The number of esters is 1. The van der Waals surface area contributed by atoms with E-state index in [9.17, 15) is 17.6 Å². The van der Waals surface area contributed by atoms with E-state index in [1.54, 1.807) is 12.1 Å². The summed E-state index contributed by atoms with van der Waals surface area (Å²) in [7, 11) is -2.34. The van der Waals surface area contributed by atoms with Crippen LogP contribution in [0.5, 0.6) is 0 Å². The molecular formula is C18H18FNO4S. The van der Waals surface area contributed by atoms with Gasteiger partial charge in [0.1, 0.15) is 5.82 Å². The van der Waals surface area contributed by atoms with Gasteiger partial charge in [-0.3, -0.25) is 9.10 Å². The average molecular weight is 363 g/mol. The third-order valence-electron chi connectivity index (χ3n) is 4.27. The molecule has 0 spiro atoms. The van der Waals surface area contributed by atoms with Crippen molar-refractivity contribution in [1.29, 1.82) is 0 Å². The number of carbonyl (C=O) groups excluding carboxylic acids is 1. The van der Waals surface area contributed by atoms with E-state index in [2.05, 4.69) is 0 Å². The Morgan fingerprint density at radius 3 is 2.56 bits per heavy atom. The van der Waals surface area contributed by atoms with Crippen LogP contribution in [-0.2, 0) is 25.3 Å². The maximum absolute atomic E-state index is 13.0. The molecule has 0 aromatic heterocycles. The highest BCUT2D eigenvalue weighted by Gasteiger charge is 2.36. The number of benzene rings is 2. The Hall–Kier alpha value is -2.41. The van der Waals surface area contributed by atoms with E-state index in [4.69, 9.17) is 4.74 Å². The summed E-state index contributed by atoms with van der Waals surface area (Å²) in [6.07, 6.45) is 0.121. The molecule has 0 saturated heterocycles. The first-order valence-corrected chi connectivity index (χ1v) is 9.42. The van der Waals surface area contributed by atoms with Crippen molar-refractivity contribution in [2.24, 2.45) is 0 Å². The molecule has 1 atom stereocenters. The van der Waals surface area contributed by atoms with Gasteiger partial charge in [-0.1, -0.05) is 30.3 Å². The number of rotatable bonds is 5. The number of ether oxygens (including phenoxy) is 1. The lowest BCUT2D eigenvalue weighted by Crippen LogP contribution is -2.31. The summed E-state index contributed by atoms with van der Waals surface area (Å²) < 4.78 is 44.8. The Morgan fingerprint density at radius 2 is 1.88 bits per heavy atom. The summed E-state index contributed by atoms with van der Waals surface area (Å²) >= 11 is 0. The van der Waals surface area contributed by atoms with Crippen LogP contribution in [0.25, 0.3) is 0 Å². The van der Waals surface area contributed by atoms with E-state index in [1.165, 1.54) is 35.7 Å². The van der Waals surface area contributed by atoms with Crippen LogP contribution < -0.4 is 4.31 Å². The molecule has 3 rings (SSSR count). The van der Waals surface area contributed by atoms with Gasteiger partial charge in [0.25, 0.3) is 0 Å². The van der Waals surface area contributed by atoms with Crippen molar-refractivity contribution in [3.05, 3.63) is 65.5 Å². The normalized spacial score (nSPS) is 16.6. The SMILES string of the molecule is COC(=O)CC1CN(S(=O)(=O)Cc2ccc(F)cc2)c2ccccc21. The average Bonchev–Trinajstić information content (AvgIpc) is 2.96. The lowest BCUT2D eigenvalue weighted by Gasteiger charge is -2.20. The van der Waals surface area contributed by atoms with Crippen LogP contribution in [0.15, 0.2) is 48.5 Å². The quantitative estimate of drug-likeness (QED) is 0.767. The summed E-state index contributed by atoms with van der Waals surface area (Å²) in [5, 5.41) is 0. The molecule has 7 heteroatoms. The lowest BCUT2D eigenvalue weighted by atomic mass is 9.98. The molecular weight excluding hydrogens is 345 g/mol. The van der Waals surface area contributed by atoms with Gasteiger partial charge in [0.15, 0.2) is 0 Å². The number of fused-ring (bicyclic) bond motifs is 1. The van der Waals surface area contributed by atoms with Crippen molar-refractivity contribution in [1.82, 2.24) is 0 Å². The Balaban J connectivity index is 1.88. The molecule has 2 aromatic carbocycles. The van der Waals surface area contributed by atoms with E-state index in [0.717, 1.165) is 5.56 Å². The second-order valence-corrected chi connectivity index (χ2v) is 7.84. The Kier molecular flexibility index (Phi) is 4.76. The van der Waals surface area contributed by atoms with Gasteiger partial charge in [-0.25, -0.2) is 12.8 Å². The molecule has 1 aliphatic heterocycles. The molecule has 0 amide bonds. The maximum atomic E-state index is 13.0. The molecule has 0 aliphatic carbocycles. The zero-order valence-corrected chi connectivity index (χ0v) is 14.5. The molecule has 1 heterocycles. The summed E-state index contributed by atoms with van der Waals surface area (Å²) in [6.45, 7) is 0.192. The zero-order valence-electron chi connectivity index (χ0n) is 13.7. The Bertz CT molecular complexity index is 880. The first-order valence-electron chi connectivity index (χ1n) is 7.81. The van der Waals surface area contributed by atoms with Crippen molar-refractivity contribution in [2.75, 3.05) is 18.0 Å². The predicted molar refractivity (Wildman–Crippen MR) is 92.2 cm³/mol. The first-order chi connectivity index (χ1) is 11.9. The van der Waals surface area contributed by atoms with Gasteiger partial charge in [-0.15, -0.1) is 0 Å². The third kappa shape index (κ3) is 3.66. The Morgan fingerprint density at radius 1 is 1.20 bits per heavy atom. The second kappa shape index (κ2) is 6.84. The molecule has 25 heavy (non-hydrogen) atoms. The first kappa shape index (κ1) is 17.4. The largest absolute Gasteiger partial charge is 0.469 e. The molecule has 1 aliphatic rings. The third-order valence-corrected chi connectivity index (χ3v) is 5.99. The fraction of sp³-hybridized carbons (Fsp3) is 0.278. The van der Waals surface area contributed by atoms with E-state index in [1.807, 2.05) is 12.1 Å². The van der Waals surface area contributed by atoms with Gasteiger partial charge in [-0.2, -0.15) is 0 Å². The van der Waals surface area contributed by atoms with Crippen LogP contribution in [0.3, 0.4) is 0 Å². The minimum atomic E-state index is -3.66. The summed E-state index contributed by atoms with van der Waals surface area (Å²) in [4.78, 5) is 11.6. The summed E-state index contributed by atoms with van der Waals surface area (Å²) in [5.41, 5.74) is 1.91. The van der Waals surface area contributed by atoms with Crippen LogP contribution in [0.1, 0.15) is 23.5 Å². The molecule has 132 valence electrons. The highest BCUT2D eigenvalue weighted by atomic mass is 32.2. The fourth-order valence-corrected chi connectivity index (χ4v) is 4.69. The molecule has 5 nitrogen and oxygen atoms in total. The number of methoxy groups -OCH3 is 1. The number of anilines is 1. The van der Waals surface area contributed by atoms with Gasteiger partial charge in [0.05, 0.1) is 25.0 Å². The maximum Gasteiger partial charge on any atom is 0.306 e. The van der Waals surface area contributed by atoms with E-state index < -0.39 is 15.8 Å². The topological polar surface area (TPSA) is 63.7 Å². The van der Waals surface area contributed by atoms with Gasteiger partial charge in [0, 0.05) is 12.5 Å². The van der Waals surface area contributed by atoms with E-state index >= 15 is 0 Å². The van der Waals surface area contributed by atoms with Crippen LogP contribution in [0.4, 0.5) is 10.1 Å². The molecule has 2 aromatic rings. The number of carbonyl (C=O) groups is 1. The van der Waals surface area contributed by atoms with Crippen molar-refractivity contribution in [2.45, 2.75) is 18.1 Å². The summed E-state index contributed by atoms with van der Waals surface area (Å²) in [6, 6.07) is 12.5. The molecule has 0 N–H and O–H groups in total. The predicted octanol–water partition coefficient (Wildman–Crippen LogP) is 2.82. The van der Waals surface area contributed by atoms with Crippen molar-refractivity contribution in [3.63, 3.8) is 0 Å². The van der Waals surface area contributed by atoms with Crippen LogP contribution >= 0.6 is 0 Å². The van der Waals surface area contributed by atoms with Crippen molar-refractivity contribution >= 4 is 21.7 Å². The molecule has 0 saturated carbocycles. The smallest absolute Gasteiger partial charge is 0.306 e. The number of hydrogen-bond donors (Lipinski definition) is 0. The van der Waals surface area contributed by atoms with Gasteiger partial charge < -0.3 is 4.74 Å². The van der Waals surface area contributed by atoms with E-state index in [-0.39, 0.29) is 30.6 Å². The number of sulfonamides is 1. The number of nitrogens with zero attached hydrogens (tertiary/aromatic N) is 1. The van der Waals surface area contributed by atoms with Gasteiger partial charge in [0.2, 0.25) is 10.0 Å². The summed E-state index contributed by atoms with van der Waals surface area (Å²) in [5.74, 6) is -1.26. The van der Waals surface area contributed by atoms with E-state index in [0.29, 0.717) is 11.3 Å². The highest BCUT2D eigenvalue weighted by Crippen LogP contribution is 2.40.